The minimum Gasteiger partial charge on any atom is -0.392 e. The molecule has 0 saturated heterocycles. The van der Waals surface area contributed by atoms with Crippen molar-refractivity contribution in [1.82, 2.24) is 5.48 Å². The SMILES string of the molecule is CS(=O)(=O)C(C[C@H]1CC(c2ccc(C#CC3CC3)cc2)=NO1)C(=O)NO. The number of hydrogen-bond donors (Lipinski definition) is 2. The van der Waals surface area contributed by atoms with Crippen LogP contribution < -0.4 is 5.48 Å². The van der Waals surface area contributed by atoms with Gasteiger partial charge in [0, 0.05) is 30.6 Å². The van der Waals surface area contributed by atoms with Gasteiger partial charge in [-0.15, -0.1) is 0 Å². The Bertz CT molecular complexity index is 876. The minimum atomic E-state index is -3.68. The molecule has 26 heavy (non-hydrogen) atoms. The molecule has 0 bridgehead atoms. The molecule has 3 rings (SSSR count). The highest BCUT2D eigenvalue weighted by Crippen LogP contribution is 2.27. The molecule has 1 unspecified atom stereocenters. The van der Waals surface area contributed by atoms with Crippen molar-refractivity contribution in [3.8, 4) is 11.8 Å². The molecule has 1 aliphatic heterocycles. The van der Waals surface area contributed by atoms with Gasteiger partial charge in [-0.1, -0.05) is 29.1 Å². The van der Waals surface area contributed by atoms with Crippen molar-refractivity contribution in [2.45, 2.75) is 37.0 Å². The van der Waals surface area contributed by atoms with Crippen LogP contribution in [-0.4, -0.2) is 42.9 Å². The van der Waals surface area contributed by atoms with E-state index in [1.807, 2.05) is 24.3 Å². The molecule has 1 fully saturated rings. The zero-order chi connectivity index (χ0) is 18.7. The van der Waals surface area contributed by atoms with Crippen molar-refractivity contribution >= 4 is 21.5 Å². The molecule has 1 amide bonds. The Morgan fingerprint density at radius 3 is 2.65 bits per heavy atom. The van der Waals surface area contributed by atoms with Crippen LogP contribution in [0, 0.1) is 17.8 Å². The Hall–Kier alpha value is -2.37. The topological polar surface area (TPSA) is 105 Å². The number of oxime groups is 1. The van der Waals surface area contributed by atoms with E-state index in [1.54, 1.807) is 0 Å². The minimum absolute atomic E-state index is 0.0802. The third-order valence-electron chi connectivity index (χ3n) is 4.35. The van der Waals surface area contributed by atoms with Crippen LogP contribution in [0.3, 0.4) is 0 Å². The van der Waals surface area contributed by atoms with Gasteiger partial charge in [-0.25, -0.2) is 13.9 Å². The van der Waals surface area contributed by atoms with Crippen molar-refractivity contribution < 1.29 is 23.3 Å². The third-order valence-corrected chi connectivity index (χ3v) is 5.79. The predicted molar refractivity (Wildman–Crippen MR) is 95.2 cm³/mol. The molecule has 2 aliphatic rings. The number of rotatable bonds is 5. The third kappa shape index (κ3) is 4.62. The Balaban J connectivity index is 1.62. The number of hydrogen-bond acceptors (Lipinski definition) is 6. The lowest BCUT2D eigenvalue weighted by molar-refractivity contribution is -0.129. The normalized spacial score (nSPS) is 20.4. The van der Waals surface area contributed by atoms with E-state index >= 15 is 0 Å². The average Bonchev–Trinajstić information content (AvgIpc) is 3.33. The molecular weight excluding hydrogens is 356 g/mol. The molecule has 1 aromatic rings. The van der Waals surface area contributed by atoms with Crippen molar-refractivity contribution in [2.75, 3.05) is 6.26 Å². The smallest absolute Gasteiger partial charge is 0.261 e. The first-order valence-electron chi connectivity index (χ1n) is 8.34. The summed E-state index contributed by atoms with van der Waals surface area (Å²) >= 11 is 0. The van der Waals surface area contributed by atoms with Crippen LogP contribution in [0.2, 0.25) is 0 Å². The van der Waals surface area contributed by atoms with Gasteiger partial charge in [0.05, 0.1) is 5.71 Å². The molecule has 2 N–H and O–H groups in total. The fourth-order valence-corrected chi connectivity index (χ4v) is 3.68. The Morgan fingerprint density at radius 2 is 2.08 bits per heavy atom. The summed E-state index contributed by atoms with van der Waals surface area (Å²) in [6, 6.07) is 7.63. The summed E-state index contributed by atoms with van der Waals surface area (Å²) in [6.07, 6.45) is 3.08. The summed E-state index contributed by atoms with van der Waals surface area (Å²) in [6.45, 7) is 0. The van der Waals surface area contributed by atoms with Crippen LogP contribution in [0.25, 0.3) is 0 Å². The van der Waals surface area contributed by atoms with Gasteiger partial charge < -0.3 is 4.84 Å². The average molecular weight is 376 g/mol. The zero-order valence-corrected chi connectivity index (χ0v) is 15.1. The Morgan fingerprint density at radius 1 is 1.38 bits per heavy atom. The van der Waals surface area contributed by atoms with Crippen LogP contribution in [0.4, 0.5) is 0 Å². The van der Waals surface area contributed by atoms with E-state index in [4.69, 9.17) is 10.0 Å². The lowest BCUT2D eigenvalue weighted by atomic mass is 10.0. The van der Waals surface area contributed by atoms with E-state index in [2.05, 4.69) is 17.0 Å². The van der Waals surface area contributed by atoms with Gasteiger partial charge in [-0.05, 0) is 30.5 Å². The maximum atomic E-state index is 11.7. The van der Waals surface area contributed by atoms with Crippen molar-refractivity contribution in [3.63, 3.8) is 0 Å². The second-order valence-electron chi connectivity index (χ2n) is 6.62. The predicted octanol–water partition coefficient (Wildman–Crippen LogP) is 1.25. The maximum absolute atomic E-state index is 11.7. The quantitative estimate of drug-likeness (QED) is 0.457. The molecule has 2 atom stereocenters. The zero-order valence-electron chi connectivity index (χ0n) is 14.3. The summed E-state index contributed by atoms with van der Waals surface area (Å²) in [5.74, 6) is 5.91. The molecular formula is C18H20N2O5S. The Kier molecular flexibility index (Phi) is 5.30. The van der Waals surface area contributed by atoms with Crippen LogP contribution in [0.15, 0.2) is 29.4 Å². The summed E-state index contributed by atoms with van der Waals surface area (Å²) in [7, 11) is -3.68. The largest absolute Gasteiger partial charge is 0.392 e. The van der Waals surface area contributed by atoms with E-state index in [9.17, 15) is 13.2 Å². The Labute approximate surface area is 152 Å². The fraction of sp³-hybridized carbons (Fsp3) is 0.444. The van der Waals surface area contributed by atoms with E-state index < -0.39 is 27.1 Å². The molecule has 0 aromatic heterocycles. The van der Waals surface area contributed by atoms with E-state index in [0.29, 0.717) is 18.1 Å². The molecule has 8 heteroatoms. The van der Waals surface area contributed by atoms with Gasteiger partial charge in [0.15, 0.2) is 9.84 Å². The van der Waals surface area contributed by atoms with Crippen LogP contribution in [0.1, 0.15) is 36.8 Å². The van der Waals surface area contributed by atoms with Crippen molar-refractivity contribution in [1.29, 1.82) is 0 Å². The molecule has 1 heterocycles. The fourth-order valence-electron chi connectivity index (χ4n) is 2.67. The summed E-state index contributed by atoms with van der Waals surface area (Å²) in [5, 5.41) is 11.4. The number of sulfone groups is 1. The van der Waals surface area contributed by atoms with Crippen LogP contribution >= 0.6 is 0 Å². The highest BCUT2D eigenvalue weighted by Gasteiger charge is 2.35. The van der Waals surface area contributed by atoms with Gasteiger partial charge in [0.2, 0.25) is 0 Å². The number of amides is 1. The lowest BCUT2D eigenvalue weighted by Gasteiger charge is -2.15. The van der Waals surface area contributed by atoms with E-state index in [0.717, 1.165) is 17.4 Å². The van der Waals surface area contributed by atoms with Crippen LogP contribution in [-0.2, 0) is 19.5 Å². The molecule has 1 aromatic carbocycles. The number of benzene rings is 1. The van der Waals surface area contributed by atoms with E-state index in [1.165, 1.54) is 18.3 Å². The van der Waals surface area contributed by atoms with Gasteiger partial charge in [-0.3, -0.25) is 10.0 Å². The summed E-state index contributed by atoms with van der Waals surface area (Å²) in [4.78, 5) is 16.9. The van der Waals surface area contributed by atoms with Gasteiger partial charge >= 0.3 is 0 Å². The summed E-state index contributed by atoms with van der Waals surface area (Å²) < 4.78 is 23.5. The standard InChI is InChI=1S/C18H20N2O5S/c1-26(23,24)17(18(21)19-22)11-15-10-16(20-25-15)14-8-6-13(7-9-14)5-4-12-2-3-12/h6-9,12,15,17,22H,2-3,10-11H2,1H3,(H,19,21)/t15-,17?/m1/s1. The second-order valence-corrected chi connectivity index (χ2v) is 8.85. The number of hydroxylamine groups is 1. The van der Waals surface area contributed by atoms with E-state index in [-0.39, 0.29) is 6.42 Å². The molecule has 0 spiro atoms. The second kappa shape index (κ2) is 7.48. The molecule has 138 valence electrons. The highest BCUT2D eigenvalue weighted by atomic mass is 32.2. The number of nitrogens with one attached hydrogen (secondary N) is 1. The lowest BCUT2D eigenvalue weighted by Crippen LogP contribution is -2.40. The summed E-state index contributed by atoms with van der Waals surface area (Å²) in [5.41, 5.74) is 3.89. The van der Waals surface area contributed by atoms with Crippen LogP contribution in [0.5, 0.6) is 0 Å². The van der Waals surface area contributed by atoms with Crippen molar-refractivity contribution in [2.24, 2.45) is 11.1 Å². The van der Waals surface area contributed by atoms with Gasteiger partial charge in [0.25, 0.3) is 5.91 Å². The van der Waals surface area contributed by atoms with Gasteiger partial charge in [0.1, 0.15) is 11.4 Å². The first-order chi connectivity index (χ1) is 12.4. The monoisotopic (exact) mass is 376 g/mol. The first-order valence-corrected chi connectivity index (χ1v) is 10.3. The molecule has 7 nitrogen and oxygen atoms in total. The number of carbonyl (C=O) groups is 1. The maximum Gasteiger partial charge on any atom is 0.261 e. The van der Waals surface area contributed by atoms with Gasteiger partial charge in [-0.2, -0.15) is 0 Å². The number of nitrogens with zero attached hydrogens (tertiary/aromatic N) is 1. The van der Waals surface area contributed by atoms with Crippen molar-refractivity contribution in [3.05, 3.63) is 35.4 Å². The molecule has 0 radical (unpaired) electrons. The first kappa shape index (κ1) is 18.4. The highest BCUT2D eigenvalue weighted by molar-refractivity contribution is 7.92. The number of carbonyl (C=O) groups excluding carboxylic acids is 1. The molecule has 1 saturated carbocycles. The molecule has 1 aliphatic carbocycles.